The van der Waals surface area contributed by atoms with Crippen molar-refractivity contribution in [1.29, 1.82) is 0 Å². The Morgan fingerprint density at radius 2 is 2.07 bits per heavy atom. The summed E-state index contributed by atoms with van der Waals surface area (Å²) in [5, 5.41) is 8.75. The second-order valence-corrected chi connectivity index (χ2v) is 8.13. The number of anilines is 1. The number of benzene rings is 1. The van der Waals surface area contributed by atoms with Crippen LogP contribution in [0.1, 0.15) is 32.6 Å². The number of hydrogen-bond donors (Lipinski definition) is 0. The Balaban J connectivity index is 0.00000124. The summed E-state index contributed by atoms with van der Waals surface area (Å²) in [5.74, 6) is 2.44. The lowest BCUT2D eigenvalue weighted by atomic mass is 10.1. The van der Waals surface area contributed by atoms with Gasteiger partial charge in [0.25, 0.3) is 5.89 Å². The maximum atomic E-state index is 5.81. The van der Waals surface area contributed by atoms with Crippen LogP contribution in [0, 0.1) is 5.92 Å². The van der Waals surface area contributed by atoms with E-state index in [0.29, 0.717) is 22.9 Å². The predicted octanol–water partition coefficient (Wildman–Crippen LogP) is 5.87. The first kappa shape index (κ1) is 22.2. The molecule has 1 aliphatic heterocycles. The minimum atomic E-state index is 0.277. The average Bonchev–Trinajstić information content (AvgIpc) is 3.49. The van der Waals surface area contributed by atoms with Gasteiger partial charge in [-0.25, -0.2) is 0 Å². The molecule has 5 nitrogen and oxygen atoms in total. The predicted molar refractivity (Wildman–Crippen MR) is 126 cm³/mol. The maximum Gasteiger partial charge on any atom is 0.254 e. The first-order valence-electron chi connectivity index (χ1n) is 10.6. The highest BCUT2D eigenvalue weighted by atomic mass is 32.2. The Hall–Kier alpha value is -2.47. The largest absolute Gasteiger partial charge is 0.484 e. The fraction of sp³-hybridized carbons (Fsp3) is 0.417. The second-order valence-electron chi connectivity index (χ2n) is 7.05. The zero-order chi connectivity index (χ0) is 21.3. The molecule has 4 rings (SSSR count). The van der Waals surface area contributed by atoms with E-state index in [0.717, 1.165) is 30.8 Å². The lowest BCUT2D eigenvalue weighted by Gasteiger charge is -2.18. The Morgan fingerprint density at radius 1 is 1.27 bits per heavy atom. The fourth-order valence-electron chi connectivity index (χ4n) is 3.49. The third-order valence-corrected chi connectivity index (χ3v) is 6.10. The van der Waals surface area contributed by atoms with Crippen molar-refractivity contribution < 1.29 is 9.15 Å². The molecule has 6 heteroatoms. The highest BCUT2D eigenvalue weighted by molar-refractivity contribution is 7.99. The Morgan fingerprint density at radius 3 is 2.77 bits per heavy atom. The Bertz CT molecular complexity index is 873. The van der Waals surface area contributed by atoms with Crippen LogP contribution in [-0.4, -0.2) is 34.8 Å². The molecule has 2 aromatic rings. The summed E-state index contributed by atoms with van der Waals surface area (Å²) < 4.78 is 11.6. The van der Waals surface area contributed by atoms with E-state index in [4.69, 9.17) is 9.15 Å². The van der Waals surface area contributed by atoms with Crippen molar-refractivity contribution in [1.82, 2.24) is 10.2 Å². The van der Waals surface area contributed by atoms with Crippen molar-refractivity contribution in [3.63, 3.8) is 0 Å². The number of rotatable bonds is 7. The van der Waals surface area contributed by atoms with Gasteiger partial charge in [0, 0.05) is 29.6 Å². The van der Waals surface area contributed by atoms with E-state index in [1.165, 1.54) is 12.1 Å². The number of ether oxygens (including phenoxy) is 1. The van der Waals surface area contributed by atoms with E-state index in [1.807, 2.05) is 43.8 Å². The topological polar surface area (TPSA) is 51.4 Å². The van der Waals surface area contributed by atoms with Crippen LogP contribution >= 0.6 is 11.8 Å². The number of hydrogen-bond acceptors (Lipinski definition) is 6. The number of thioether (sulfide) groups is 1. The molecule has 1 fully saturated rings. The summed E-state index contributed by atoms with van der Waals surface area (Å²) in [6.07, 6.45) is 12.6. The minimum Gasteiger partial charge on any atom is -0.484 e. The summed E-state index contributed by atoms with van der Waals surface area (Å²) >= 11 is 1.82. The normalized spacial score (nSPS) is 20.4. The van der Waals surface area contributed by atoms with E-state index in [1.54, 1.807) is 0 Å². The van der Waals surface area contributed by atoms with Gasteiger partial charge in [0.2, 0.25) is 5.89 Å². The van der Waals surface area contributed by atoms with E-state index < -0.39 is 0 Å². The smallest absolute Gasteiger partial charge is 0.254 e. The first-order valence-corrected chi connectivity index (χ1v) is 11.9. The summed E-state index contributed by atoms with van der Waals surface area (Å²) in [5.41, 5.74) is 2.14. The van der Waals surface area contributed by atoms with E-state index >= 15 is 0 Å². The standard InChI is InChI=1S/C22H25N3O2S.C2H6/c1-3-16-11-12-25(14-16)18-9-7-17(8-10-18)22-24-23-21(27-22)15-26-19-5-4-6-20(13-19)28-2;1-2/h3-5,7-10,13,16,20H,1,6,11-12,14-15H2,2H3;1-2H3. The molecular weight excluding hydrogens is 394 g/mol. The molecule has 2 aliphatic rings. The quantitative estimate of drug-likeness (QED) is 0.517. The molecule has 160 valence electrons. The summed E-state index contributed by atoms with van der Waals surface area (Å²) in [4.78, 5) is 2.39. The molecular formula is C24H31N3O2S. The highest BCUT2D eigenvalue weighted by Gasteiger charge is 2.20. The van der Waals surface area contributed by atoms with Gasteiger partial charge in [0.05, 0.1) is 0 Å². The van der Waals surface area contributed by atoms with Gasteiger partial charge in [-0.1, -0.05) is 26.0 Å². The van der Waals surface area contributed by atoms with Gasteiger partial charge < -0.3 is 14.1 Å². The summed E-state index contributed by atoms with van der Waals surface area (Å²) in [6, 6.07) is 8.29. The molecule has 1 aromatic heterocycles. The molecule has 0 spiro atoms. The SMILES string of the molecule is C=CC1CCN(c2ccc(-c3nnc(COC4=CC(SC)CC=C4)o3)cc2)C1.CC. The summed E-state index contributed by atoms with van der Waals surface area (Å²) in [6.45, 7) is 10.3. The molecule has 2 atom stereocenters. The lowest BCUT2D eigenvalue weighted by Crippen LogP contribution is -2.18. The van der Waals surface area contributed by atoms with Crippen LogP contribution in [0.2, 0.25) is 0 Å². The average molecular weight is 426 g/mol. The molecule has 2 heterocycles. The molecule has 1 saturated heterocycles. The van der Waals surface area contributed by atoms with Crippen LogP contribution in [-0.2, 0) is 11.3 Å². The summed E-state index contributed by atoms with van der Waals surface area (Å²) in [7, 11) is 0. The van der Waals surface area contributed by atoms with Crippen molar-refractivity contribution in [2.75, 3.05) is 24.2 Å². The molecule has 0 amide bonds. The van der Waals surface area contributed by atoms with Gasteiger partial charge >= 0.3 is 0 Å². The molecule has 1 aromatic carbocycles. The van der Waals surface area contributed by atoms with E-state index in [2.05, 4.69) is 58.3 Å². The van der Waals surface area contributed by atoms with Crippen LogP contribution in [0.25, 0.3) is 11.5 Å². The second kappa shape index (κ2) is 11.1. The molecule has 0 N–H and O–H groups in total. The van der Waals surface area contributed by atoms with Crippen LogP contribution < -0.4 is 4.90 Å². The third kappa shape index (κ3) is 5.57. The lowest BCUT2D eigenvalue weighted by molar-refractivity contribution is 0.182. The molecule has 2 unspecified atom stereocenters. The Kier molecular flexibility index (Phi) is 8.20. The first-order chi connectivity index (χ1) is 14.7. The van der Waals surface area contributed by atoms with Gasteiger partial charge in [-0.3, -0.25) is 0 Å². The van der Waals surface area contributed by atoms with Crippen LogP contribution in [0.5, 0.6) is 0 Å². The van der Waals surface area contributed by atoms with Gasteiger partial charge in [-0.2, -0.15) is 11.8 Å². The molecule has 30 heavy (non-hydrogen) atoms. The van der Waals surface area contributed by atoms with Crippen molar-refractivity contribution >= 4 is 17.4 Å². The maximum absolute atomic E-state index is 5.81. The van der Waals surface area contributed by atoms with Gasteiger partial charge in [0.15, 0.2) is 6.61 Å². The van der Waals surface area contributed by atoms with E-state index in [9.17, 15) is 0 Å². The minimum absolute atomic E-state index is 0.277. The van der Waals surface area contributed by atoms with Crippen molar-refractivity contribution in [2.45, 2.75) is 38.5 Å². The van der Waals surface area contributed by atoms with Crippen molar-refractivity contribution in [3.05, 3.63) is 66.8 Å². The van der Waals surface area contributed by atoms with Crippen LogP contribution in [0.4, 0.5) is 5.69 Å². The zero-order valence-electron chi connectivity index (χ0n) is 18.1. The number of nitrogens with zero attached hydrogens (tertiary/aromatic N) is 3. The zero-order valence-corrected chi connectivity index (χ0v) is 18.9. The monoisotopic (exact) mass is 425 g/mol. The molecule has 0 radical (unpaired) electrons. The fourth-order valence-corrected chi connectivity index (χ4v) is 4.06. The molecule has 0 bridgehead atoms. The van der Waals surface area contributed by atoms with Crippen molar-refractivity contribution in [3.8, 4) is 11.5 Å². The Labute approximate surface area is 183 Å². The third-order valence-electron chi connectivity index (χ3n) is 5.17. The number of allylic oxidation sites excluding steroid dienone is 2. The van der Waals surface area contributed by atoms with Crippen molar-refractivity contribution in [2.24, 2.45) is 5.92 Å². The van der Waals surface area contributed by atoms with Crippen LogP contribution in [0.15, 0.2) is 65.3 Å². The molecule has 0 saturated carbocycles. The van der Waals surface area contributed by atoms with Gasteiger partial charge in [0.1, 0.15) is 5.76 Å². The van der Waals surface area contributed by atoms with Gasteiger partial charge in [-0.15, -0.1) is 16.8 Å². The number of aromatic nitrogens is 2. The molecule has 1 aliphatic carbocycles. The van der Waals surface area contributed by atoms with Crippen LogP contribution in [0.3, 0.4) is 0 Å². The van der Waals surface area contributed by atoms with E-state index in [-0.39, 0.29) is 6.61 Å². The van der Waals surface area contributed by atoms with Gasteiger partial charge in [-0.05, 0) is 61.4 Å². The highest BCUT2D eigenvalue weighted by Crippen LogP contribution is 2.27.